The molecule has 0 saturated carbocycles. The summed E-state index contributed by atoms with van der Waals surface area (Å²) in [6.07, 6.45) is 0. The second kappa shape index (κ2) is 8.63. The van der Waals surface area contributed by atoms with Gasteiger partial charge in [-0.05, 0) is 36.4 Å². The number of rotatable bonds is 5. The standard InChI is InChI=1S/C16H9BrCl3N3O2S/c17-9-3-1-8(2-4-9)15-22-23-16(25-15)26-7-14(24)21-13-6-11(19)10(18)5-12(13)20/h1-6H,7H2,(H,21,24). The molecule has 0 aliphatic carbocycles. The zero-order valence-corrected chi connectivity index (χ0v) is 17.5. The average molecular weight is 494 g/mol. The van der Waals surface area contributed by atoms with Gasteiger partial charge in [0.1, 0.15) is 0 Å². The van der Waals surface area contributed by atoms with Gasteiger partial charge in [-0.2, -0.15) is 0 Å². The van der Waals surface area contributed by atoms with Crippen LogP contribution in [0.4, 0.5) is 5.69 Å². The Hall–Kier alpha value is -1.25. The van der Waals surface area contributed by atoms with E-state index in [0.717, 1.165) is 21.8 Å². The molecule has 3 rings (SSSR count). The zero-order chi connectivity index (χ0) is 18.7. The number of anilines is 1. The molecule has 134 valence electrons. The SMILES string of the molecule is O=C(CSc1nnc(-c2ccc(Br)cc2)o1)Nc1cc(Cl)c(Cl)cc1Cl. The summed E-state index contributed by atoms with van der Waals surface area (Å²) in [5.74, 6) is 0.157. The molecule has 10 heteroatoms. The predicted octanol–water partition coefficient (Wildman–Crippen LogP) is 6.19. The Morgan fingerprint density at radius 1 is 1.08 bits per heavy atom. The topological polar surface area (TPSA) is 68.0 Å². The van der Waals surface area contributed by atoms with Gasteiger partial charge in [0.2, 0.25) is 11.8 Å². The lowest BCUT2D eigenvalue weighted by Gasteiger charge is -2.07. The summed E-state index contributed by atoms with van der Waals surface area (Å²) in [5.41, 5.74) is 1.17. The van der Waals surface area contributed by atoms with Crippen LogP contribution >= 0.6 is 62.5 Å². The van der Waals surface area contributed by atoms with Crippen LogP contribution < -0.4 is 5.32 Å². The van der Waals surface area contributed by atoms with Crippen molar-refractivity contribution in [2.45, 2.75) is 5.22 Å². The van der Waals surface area contributed by atoms with Gasteiger partial charge in [0, 0.05) is 10.0 Å². The van der Waals surface area contributed by atoms with E-state index in [9.17, 15) is 4.79 Å². The van der Waals surface area contributed by atoms with Crippen molar-refractivity contribution in [1.82, 2.24) is 10.2 Å². The van der Waals surface area contributed by atoms with Gasteiger partial charge >= 0.3 is 0 Å². The molecule has 1 aromatic heterocycles. The Bertz CT molecular complexity index is 950. The summed E-state index contributed by atoms with van der Waals surface area (Å²) in [4.78, 5) is 12.1. The highest BCUT2D eigenvalue weighted by Crippen LogP contribution is 2.32. The summed E-state index contributed by atoms with van der Waals surface area (Å²) in [6.45, 7) is 0. The zero-order valence-electron chi connectivity index (χ0n) is 12.8. The molecule has 2 aromatic carbocycles. The van der Waals surface area contributed by atoms with E-state index in [1.54, 1.807) is 0 Å². The third-order valence-corrected chi connectivity index (χ3v) is 5.49. The fourth-order valence-electron chi connectivity index (χ4n) is 1.91. The molecular formula is C16H9BrCl3N3O2S. The number of nitrogens with zero attached hydrogens (tertiary/aromatic N) is 2. The number of aromatic nitrogens is 2. The fourth-order valence-corrected chi connectivity index (χ4v) is 3.33. The minimum absolute atomic E-state index is 0.0680. The van der Waals surface area contributed by atoms with Crippen molar-refractivity contribution in [2.75, 3.05) is 11.1 Å². The number of nitrogens with one attached hydrogen (secondary N) is 1. The Kier molecular flexibility index (Phi) is 6.47. The van der Waals surface area contributed by atoms with Crippen LogP contribution in [0.25, 0.3) is 11.5 Å². The molecule has 0 aliphatic heterocycles. The van der Waals surface area contributed by atoms with Gasteiger partial charge in [0.15, 0.2) is 0 Å². The van der Waals surface area contributed by atoms with E-state index in [0.29, 0.717) is 31.9 Å². The molecule has 0 spiro atoms. The highest BCUT2D eigenvalue weighted by atomic mass is 79.9. The highest BCUT2D eigenvalue weighted by molar-refractivity contribution is 9.10. The van der Waals surface area contributed by atoms with Crippen LogP contribution in [-0.4, -0.2) is 21.9 Å². The van der Waals surface area contributed by atoms with Gasteiger partial charge in [0.25, 0.3) is 5.22 Å². The van der Waals surface area contributed by atoms with Gasteiger partial charge in [-0.25, -0.2) is 0 Å². The van der Waals surface area contributed by atoms with E-state index in [1.165, 1.54) is 12.1 Å². The van der Waals surface area contributed by atoms with Crippen LogP contribution in [0.2, 0.25) is 15.1 Å². The molecule has 0 radical (unpaired) electrons. The molecule has 1 N–H and O–H groups in total. The molecule has 5 nitrogen and oxygen atoms in total. The average Bonchev–Trinajstić information content (AvgIpc) is 3.07. The van der Waals surface area contributed by atoms with Crippen LogP contribution in [0, 0.1) is 0 Å². The van der Waals surface area contributed by atoms with E-state index < -0.39 is 0 Å². The Morgan fingerprint density at radius 2 is 1.77 bits per heavy atom. The second-order valence-electron chi connectivity index (χ2n) is 4.96. The normalized spacial score (nSPS) is 10.8. The first-order chi connectivity index (χ1) is 12.4. The lowest BCUT2D eigenvalue weighted by Crippen LogP contribution is -2.14. The molecule has 26 heavy (non-hydrogen) atoms. The Labute approximate surface area is 176 Å². The van der Waals surface area contributed by atoms with Crippen molar-refractivity contribution in [3.8, 4) is 11.5 Å². The van der Waals surface area contributed by atoms with Crippen molar-refractivity contribution >= 4 is 74.1 Å². The third-order valence-electron chi connectivity index (χ3n) is 3.11. The summed E-state index contributed by atoms with van der Waals surface area (Å²) < 4.78 is 6.50. The van der Waals surface area contributed by atoms with Crippen molar-refractivity contribution in [3.63, 3.8) is 0 Å². The van der Waals surface area contributed by atoms with Crippen molar-refractivity contribution in [1.29, 1.82) is 0 Å². The van der Waals surface area contributed by atoms with Crippen LogP contribution in [-0.2, 0) is 4.79 Å². The number of amides is 1. The summed E-state index contributed by atoms with van der Waals surface area (Å²) in [7, 11) is 0. The maximum atomic E-state index is 12.1. The van der Waals surface area contributed by atoms with Gasteiger partial charge in [-0.3, -0.25) is 4.79 Å². The van der Waals surface area contributed by atoms with Gasteiger partial charge < -0.3 is 9.73 Å². The minimum Gasteiger partial charge on any atom is -0.411 e. The minimum atomic E-state index is -0.293. The largest absolute Gasteiger partial charge is 0.411 e. The second-order valence-corrected chi connectivity index (χ2v) is 8.03. The summed E-state index contributed by atoms with van der Waals surface area (Å²) in [6, 6.07) is 10.4. The van der Waals surface area contributed by atoms with Gasteiger partial charge in [0.05, 0.1) is 26.5 Å². The number of hydrogen-bond acceptors (Lipinski definition) is 5. The van der Waals surface area contributed by atoms with E-state index in [4.69, 9.17) is 39.2 Å². The predicted molar refractivity (Wildman–Crippen MR) is 108 cm³/mol. The Balaban J connectivity index is 1.60. The molecule has 0 atom stereocenters. The van der Waals surface area contributed by atoms with Gasteiger partial charge in [-0.15, -0.1) is 10.2 Å². The number of carbonyl (C=O) groups is 1. The van der Waals surface area contributed by atoms with Gasteiger partial charge in [-0.1, -0.05) is 62.5 Å². The number of thioether (sulfide) groups is 1. The first kappa shape index (κ1) is 19.5. The number of hydrogen-bond donors (Lipinski definition) is 1. The number of halogens is 4. The molecule has 1 heterocycles. The van der Waals surface area contributed by atoms with E-state index in [-0.39, 0.29) is 11.7 Å². The number of benzene rings is 2. The summed E-state index contributed by atoms with van der Waals surface area (Å²) >= 11 is 22.3. The van der Waals surface area contributed by atoms with E-state index in [2.05, 4.69) is 31.4 Å². The lowest BCUT2D eigenvalue weighted by molar-refractivity contribution is -0.113. The van der Waals surface area contributed by atoms with Crippen LogP contribution in [0.1, 0.15) is 0 Å². The quantitative estimate of drug-likeness (QED) is 0.339. The fraction of sp³-hybridized carbons (Fsp3) is 0.0625. The maximum absolute atomic E-state index is 12.1. The molecule has 0 bridgehead atoms. The molecule has 0 saturated heterocycles. The monoisotopic (exact) mass is 491 g/mol. The highest BCUT2D eigenvalue weighted by Gasteiger charge is 2.13. The molecule has 0 fully saturated rings. The summed E-state index contributed by atoms with van der Waals surface area (Å²) in [5, 5.41) is 11.8. The van der Waals surface area contributed by atoms with Crippen LogP contribution in [0.5, 0.6) is 0 Å². The van der Waals surface area contributed by atoms with E-state index in [1.807, 2.05) is 24.3 Å². The van der Waals surface area contributed by atoms with E-state index >= 15 is 0 Å². The lowest BCUT2D eigenvalue weighted by atomic mass is 10.2. The molecule has 0 aliphatic rings. The molecule has 3 aromatic rings. The van der Waals surface area contributed by atoms with Crippen LogP contribution in [0.15, 0.2) is 50.5 Å². The van der Waals surface area contributed by atoms with Crippen molar-refractivity contribution in [3.05, 3.63) is 55.9 Å². The first-order valence-electron chi connectivity index (χ1n) is 7.09. The van der Waals surface area contributed by atoms with Crippen molar-refractivity contribution in [2.24, 2.45) is 0 Å². The first-order valence-corrected chi connectivity index (χ1v) is 10.0. The molecule has 0 unspecified atom stereocenters. The molecule has 1 amide bonds. The smallest absolute Gasteiger partial charge is 0.277 e. The van der Waals surface area contributed by atoms with Crippen LogP contribution in [0.3, 0.4) is 0 Å². The Morgan fingerprint density at radius 3 is 2.50 bits per heavy atom. The number of carbonyl (C=O) groups excluding carboxylic acids is 1. The maximum Gasteiger partial charge on any atom is 0.277 e. The third kappa shape index (κ3) is 4.92. The molecular weight excluding hydrogens is 485 g/mol. The van der Waals surface area contributed by atoms with Crippen molar-refractivity contribution < 1.29 is 9.21 Å².